The maximum atomic E-state index is 13.5. The molecule has 8 atom stereocenters. The fourth-order valence-electron chi connectivity index (χ4n) is 5.33. The molecule has 1 heterocycles. The number of esters is 1. The van der Waals surface area contributed by atoms with Gasteiger partial charge in [0.2, 0.25) is 0 Å². The van der Waals surface area contributed by atoms with Crippen molar-refractivity contribution < 1.29 is 34.0 Å². The molecule has 0 amide bonds. The highest BCUT2D eigenvalue weighted by molar-refractivity contribution is 5.96. The Hall–Kier alpha value is -1.54. The number of allylic oxidation sites excluding steroid dienone is 1. The van der Waals surface area contributed by atoms with Crippen molar-refractivity contribution in [2.75, 3.05) is 7.11 Å². The van der Waals surface area contributed by atoms with Crippen molar-refractivity contribution in [3.63, 3.8) is 0 Å². The highest BCUT2D eigenvalue weighted by atomic mass is 16.7. The summed E-state index contributed by atoms with van der Waals surface area (Å²) in [6.45, 7) is 10.1. The molecule has 3 aliphatic rings. The van der Waals surface area contributed by atoms with E-state index in [0.717, 1.165) is 0 Å². The standard InChI is InChI=1S/C23H34O7/c1-12-8-9-16(21(5,6)27)18(28-7)17(25)13(2)10-23-20(29-15(4)24)14(3)11-22(23,30-23)19(12)26/h8-10,12,14,16-18,20,25,27H,11H2,1-7H3/b9-8-,13-10+/t12-,14+,16?,17-,18+,20+,22+,23+/m1/s1. The van der Waals surface area contributed by atoms with E-state index >= 15 is 0 Å². The van der Waals surface area contributed by atoms with E-state index in [1.54, 1.807) is 45.9 Å². The van der Waals surface area contributed by atoms with Gasteiger partial charge in [-0.15, -0.1) is 0 Å². The van der Waals surface area contributed by atoms with Gasteiger partial charge >= 0.3 is 5.97 Å². The number of aliphatic hydroxyl groups excluding tert-OH is 1. The molecule has 168 valence electrons. The SMILES string of the molecule is CO[C@H]1C(C(C)(C)O)/C=C\[C@@H](C)C(=O)[C@@]23C[C@H](C)[C@H](OC(C)=O)[C@]2(/C=C(\C)[C@H]1O)O3. The lowest BCUT2D eigenvalue weighted by atomic mass is 9.81. The van der Waals surface area contributed by atoms with E-state index in [1.807, 2.05) is 6.92 Å². The molecule has 1 unspecified atom stereocenters. The highest BCUT2D eigenvalue weighted by Crippen LogP contribution is 2.65. The molecule has 30 heavy (non-hydrogen) atoms. The molecule has 2 N–H and O–H groups in total. The summed E-state index contributed by atoms with van der Waals surface area (Å²) in [4.78, 5) is 25.2. The van der Waals surface area contributed by atoms with E-state index in [1.165, 1.54) is 14.0 Å². The van der Waals surface area contributed by atoms with Crippen LogP contribution in [0, 0.1) is 17.8 Å². The Balaban J connectivity index is 2.14. The molecule has 1 saturated heterocycles. The number of rotatable bonds is 3. The quantitative estimate of drug-likeness (QED) is 0.407. The fraction of sp³-hybridized carbons (Fsp3) is 0.739. The lowest BCUT2D eigenvalue weighted by Gasteiger charge is -2.36. The molecule has 0 aromatic heterocycles. The normalized spacial score (nSPS) is 46.7. The highest BCUT2D eigenvalue weighted by Gasteiger charge is 2.82. The van der Waals surface area contributed by atoms with Crippen LogP contribution in [0.1, 0.15) is 48.0 Å². The summed E-state index contributed by atoms with van der Waals surface area (Å²) in [5.74, 6) is -1.64. The van der Waals surface area contributed by atoms with E-state index in [9.17, 15) is 19.8 Å². The Labute approximate surface area is 178 Å². The minimum absolute atomic E-state index is 0.0748. The predicted octanol–water partition coefficient (Wildman–Crippen LogP) is 1.95. The van der Waals surface area contributed by atoms with E-state index in [2.05, 4.69) is 0 Å². The molecule has 0 spiro atoms. The molecule has 7 heteroatoms. The zero-order valence-corrected chi connectivity index (χ0v) is 18.8. The third-order valence-electron chi connectivity index (χ3n) is 6.85. The average molecular weight is 423 g/mol. The second-order valence-electron chi connectivity index (χ2n) is 9.68. The Bertz CT molecular complexity index is 779. The average Bonchev–Trinajstić information content (AvgIpc) is 3.21. The Kier molecular flexibility index (Phi) is 5.82. The van der Waals surface area contributed by atoms with Crippen LogP contribution in [0.5, 0.6) is 0 Å². The van der Waals surface area contributed by atoms with Crippen LogP contribution in [-0.2, 0) is 23.8 Å². The van der Waals surface area contributed by atoms with Crippen molar-refractivity contribution in [3.05, 3.63) is 23.8 Å². The minimum atomic E-state index is -1.18. The zero-order valence-electron chi connectivity index (χ0n) is 18.8. The number of hydrogen-bond acceptors (Lipinski definition) is 7. The Morgan fingerprint density at radius 1 is 1.30 bits per heavy atom. The second-order valence-corrected chi connectivity index (χ2v) is 9.68. The number of ether oxygens (including phenoxy) is 3. The summed E-state index contributed by atoms with van der Waals surface area (Å²) in [5, 5.41) is 21.8. The molecule has 0 bridgehead atoms. The fourth-order valence-corrected chi connectivity index (χ4v) is 5.33. The smallest absolute Gasteiger partial charge is 0.303 e. The number of carbonyl (C=O) groups excluding carboxylic acids is 2. The molecule has 0 aromatic carbocycles. The van der Waals surface area contributed by atoms with Crippen LogP contribution >= 0.6 is 0 Å². The maximum absolute atomic E-state index is 13.5. The van der Waals surface area contributed by atoms with Crippen LogP contribution in [-0.4, -0.2) is 64.2 Å². The van der Waals surface area contributed by atoms with E-state index < -0.39 is 52.9 Å². The van der Waals surface area contributed by atoms with Crippen molar-refractivity contribution >= 4 is 11.8 Å². The van der Waals surface area contributed by atoms with E-state index in [4.69, 9.17) is 14.2 Å². The summed E-state index contributed by atoms with van der Waals surface area (Å²) in [7, 11) is 1.48. The van der Waals surface area contributed by atoms with Gasteiger partial charge in [0.15, 0.2) is 17.0 Å². The topological polar surface area (TPSA) is 106 Å². The molecule has 1 aliphatic heterocycles. The predicted molar refractivity (Wildman–Crippen MR) is 110 cm³/mol. The van der Waals surface area contributed by atoms with Gasteiger partial charge < -0.3 is 24.4 Å². The van der Waals surface area contributed by atoms with Gasteiger partial charge in [-0.1, -0.05) is 26.0 Å². The molecule has 0 radical (unpaired) electrons. The molecular weight excluding hydrogens is 388 g/mol. The summed E-state index contributed by atoms with van der Waals surface area (Å²) in [5.41, 5.74) is -2.83. The lowest BCUT2D eigenvalue weighted by Crippen LogP contribution is -2.46. The zero-order chi connectivity index (χ0) is 22.6. The number of carbonyl (C=O) groups is 2. The van der Waals surface area contributed by atoms with Gasteiger partial charge in [-0.2, -0.15) is 0 Å². The Morgan fingerprint density at radius 3 is 2.47 bits per heavy atom. The van der Waals surface area contributed by atoms with Crippen molar-refractivity contribution in [2.24, 2.45) is 17.8 Å². The monoisotopic (exact) mass is 422 g/mol. The van der Waals surface area contributed by atoms with Gasteiger partial charge in [-0.25, -0.2) is 0 Å². The first-order valence-corrected chi connectivity index (χ1v) is 10.5. The number of ketones is 1. The summed E-state index contributed by atoms with van der Waals surface area (Å²) >= 11 is 0. The summed E-state index contributed by atoms with van der Waals surface area (Å²) in [6.07, 6.45) is 3.25. The van der Waals surface area contributed by atoms with Crippen LogP contribution in [0.4, 0.5) is 0 Å². The van der Waals surface area contributed by atoms with Crippen molar-refractivity contribution in [3.8, 4) is 0 Å². The first kappa shape index (κ1) is 23.1. The molecule has 7 nitrogen and oxygen atoms in total. The molecule has 2 fully saturated rings. The van der Waals surface area contributed by atoms with Crippen LogP contribution in [0.3, 0.4) is 0 Å². The van der Waals surface area contributed by atoms with Gasteiger partial charge in [0.25, 0.3) is 0 Å². The molecular formula is C23H34O7. The number of Topliss-reactive ketones (excluding diaryl/α,β-unsaturated/α-hetero) is 1. The van der Waals surface area contributed by atoms with E-state index in [-0.39, 0.29) is 11.7 Å². The van der Waals surface area contributed by atoms with Crippen molar-refractivity contribution in [2.45, 2.75) is 83.1 Å². The van der Waals surface area contributed by atoms with Crippen molar-refractivity contribution in [1.82, 2.24) is 0 Å². The third-order valence-corrected chi connectivity index (χ3v) is 6.85. The largest absolute Gasteiger partial charge is 0.459 e. The first-order valence-electron chi connectivity index (χ1n) is 10.5. The summed E-state index contributed by atoms with van der Waals surface area (Å²) < 4.78 is 17.3. The molecule has 3 rings (SSSR count). The molecule has 1 saturated carbocycles. The van der Waals surface area contributed by atoms with Gasteiger partial charge in [0, 0.05) is 25.9 Å². The Morgan fingerprint density at radius 2 is 1.93 bits per heavy atom. The van der Waals surface area contributed by atoms with Crippen molar-refractivity contribution in [1.29, 1.82) is 0 Å². The van der Waals surface area contributed by atoms with Crippen LogP contribution in [0.15, 0.2) is 23.8 Å². The van der Waals surface area contributed by atoms with Crippen LogP contribution in [0.2, 0.25) is 0 Å². The number of epoxide rings is 1. The molecule has 2 aliphatic carbocycles. The summed E-state index contributed by atoms with van der Waals surface area (Å²) in [6, 6.07) is 0. The third kappa shape index (κ3) is 3.45. The second kappa shape index (κ2) is 7.55. The first-order chi connectivity index (χ1) is 13.8. The van der Waals surface area contributed by atoms with Crippen LogP contribution in [0.25, 0.3) is 0 Å². The van der Waals surface area contributed by atoms with E-state index in [0.29, 0.717) is 12.0 Å². The number of hydrogen-bond donors (Lipinski definition) is 2. The molecule has 0 aromatic rings. The lowest BCUT2D eigenvalue weighted by molar-refractivity contribution is -0.151. The van der Waals surface area contributed by atoms with Gasteiger partial charge in [0.1, 0.15) is 12.2 Å². The minimum Gasteiger partial charge on any atom is -0.459 e. The number of methoxy groups -OCH3 is 1. The van der Waals surface area contributed by atoms with Gasteiger partial charge in [-0.3, -0.25) is 9.59 Å². The van der Waals surface area contributed by atoms with Crippen LogP contribution < -0.4 is 0 Å². The van der Waals surface area contributed by atoms with Gasteiger partial charge in [0.05, 0.1) is 11.7 Å². The number of aliphatic hydroxyl groups is 2. The van der Waals surface area contributed by atoms with Gasteiger partial charge in [-0.05, 0) is 44.8 Å². The maximum Gasteiger partial charge on any atom is 0.303 e.